The summed E-state index contributed by atoms with van der Waals surface area (Å²) in [6.45, 7) is 4.17. The van der Waals surface area contributed by atoms with E-state index in [1.54, 1.807) is 0 Å². The zero-order valence-electron chi connectivity index (χ0n) is 8.19. The Kier molecular flexibility index (Phi) is 2.41. The van der Waals surface area contributed by atoms with E-state index in [1.165, 1.54) is 12.0 Å². The smallest absolute Gasteiger partial charge is 0.0598 e. The number of hydrogen-bond donors (Lipinski definition) is 0. The lowest BCUT2D eigenvalue weighted by atomic mass is 9.91. The second-order valence-electron chi connectivity index (χ2n) is 4.20. The molecule has 1 unspecified atom stereocenters. The van der Waals surface area contributed by atoms with E-state index in [2.05, 4.69) is 32.1 Å². The second-order valence-corrected chi connectivity index (χ2v) is 6.01. The van der Waals surface area contributed by atoms with Crippen LogP contribution in [0, 0.1) is 5.92 Å². The van der Waals surface area contributed by atoms with Gasteiger partial charge in [-0.05, 0) is 32.6 Å². The Hall–Kier alpha value is -0.370. The monoisotopic (exact) mass is 196 g/mol. The molecule has 0 amide bonds. The van der Waals surface area contributed by atoms with Gasteiger partial charge in [-0.2, -0.15) is 0 Å². The molecule has 0 aromatic carbocycles. The van der Waals surface area contributed by atoms with E-state index in [0.29, 0.717) is 16.4 Å². The molecule has 0 radical (unpaired) electrons. The largest absolute Gasteiger partial charge is 0.258 e. The molecule has 2 heterocycles. The van der Waals surface area contributed by atoms with Crippen LogP contribution in [0.15, 0.2) is 23.8 Å². The molecule has 4 atom stereocenters. The summed E-state index contributed by atoms with van der Waals surface area (Å²) in [5.41, 5.74) is 1.29. The maximum atomic E-state index is 11.9. The summed E-state index contributed by atoms with van der Waals surface area (Å²) in [5, 5.41) is 0.638. The molecule has 1 nitrogen and oxygen atoms in total. The fourth-order valence-electron chi connectivity index (χ4n) is 2.18. The highest BCUT2D eigenvalue weighted by molar-refractivity contribution is 7.86. The predicted octanol–water partition coefficient (Wildman–Crippen LogP) is 2.42. The van der Waals surface area contributed by atoms with Crippen molar-refractivity contribution in [3.8, 4) is 0 Å². The van der Waals surface area contributed by atoms with Crippen molar-refractivity contribution in [2.75, 3.05) is 0 Å². The van der Waals surface area contributed by atoms with Gasteiger partial charge in [0.1, 0.15) is 0 Å². The van der Waals surface area contributed by atoms with Crippen molar-refractivity contribution in [3.63, 3.8) is 0 Å². The molecule has 3 aliphatic rings. The van der Waals surface area contributed by atoms with E-state index in [0.717, 1.165) is 6.42 Å². The van der Waals surface area contributed by atoms with Crippen molar-refractivity contribution < 1.29 is 4.21 Å². The first-order chi connectivity index (χ1) is 6.18. The lowest BCUT2D eigenvalue weighted by Gasteiger charge is -2.35. The summed E-state index contributed by atoms with van der Waals surface area (Å²) >= 11 is 0. The van der Waals surface area contributed by atoms with Gasteiger partial charge in [0, 0.05) is 10.8 Å². The molecule has 0 spiro atoms. The van der Waals surface area contributed by atoms with E-state index in [-0.39, 0.29) is 0 Å². The molecule has 3 rings (SSSR count). The molecule has 1 saturated heterocycles. The zero-order chi connectivity index (χ0) is 9.42. The van der Waals surface area contributed by atoms with Gasteiger partial charge >= 0.3 is 0 Å². The molecule has 2 bridgehead atoms. The fourth-order valence-corrected chi connectivity index (χ4v) is 4.17. The van der Waals surface area contributed by atoms with Gasteiger partial charge in [-0.3, -0.25) is 4.21 Å². The van der Waals surface area contributed by atoms with Crippen LogP contribution in [0.3, 0.4) is 0 Å². The van der Waals surface area contributed by atoms with Crippen LogP contribution < -0.4 is 0 Å². The molecule has 0 aromatic heterocycles. The van der Waals surface area contributed by atoms with Gasteiger partial charge in [0.15, 0.2) is 0 Å². The molecule has 72 valence electrons. The quantitative estimate of drug-likeness (QED) is 0.589. The summed E-state index contributed by atoms with van der Waals surface area (Å²) in [6.07, 6.45) is 8.96. The molecule has 1 aliphatic carbocycles. The van der Waals surface area contributed by atoms with Gasteiger partial charge in [-0.25, -0.2) is 0 Å². The van der Waals surface area contributed by atoms with Crippen LogP contribution in [-0.2, 0) is 10.8 Å². The topological polar surface area (TPSA) is 17.1 Å². The second kappa shape index (κ2) is 3.41. The summed E-state index contributed by atoms with van der Waals surface area (Å²) < 4.78 is 11.9. The van der Waals surface area contributed by atoms with E-state index >= 15 is 0 Å². The molecule has 13 heavy (non-hydrogen) atoms. The minimum absolute atomic E-state index is 0.300. The van der Waals surface area contributed by atoms with Crippen LogP contribution in [0.1, 0.15) is 26.7 Å². The van der Waals surface area contributed by atoms with Crippen LogP contribution in [0.25, 0.3) is 0 Å². The van der Waals surface area contributed by atoms with Gasteiger partial charge in [0.05, 0.1) is 10.5 Å². The van der Waals surface area contributed by atoms with Gasteiger partial charge in [-0.1, -0.05) is 23.8 Å². The highest BCUT2D eigenvalue weighted by atomic mass is 32.2. The predicted molar refractivity (Wildman–Crippen MR) is 57.0 cm³/mol. The molecule has 1 fully saturated rings. The number of allylic oxidation sites excluding steroid dienone is 2. The van der Waals surface area contributed by atoms with E-state index in [4.69, 9.17) is 0 Å². The SMILES string of the molecule is CC(C)=C[C@H]1[C@@H]2C=C[C@@H](CC2)S1=O. The Morgan fingerprint density at radius 3 is 2.62 bits per heavy atom. The summed E-state index contributed by atoms with van der Waals surface area (Å²) in [5.74, 6) is 0.542. The Labute approximate surface area is 82.4 Å². The van der Waals surface area contributed by atoms with Crippen LogP contribution in [0.2, 0.25) is 0 Å². The zero-order valence-corrected chi connectivity index (χ0v) is 9.01. The minimum atomic E-state index is -0.650. The standard InChI is InChI=1S/C11H16OS/c1-8(2)7-11-9-3-5-10(6-4-9)13(11)12/h3,5,7,9-11H,4,6H2,1-2H3/t9-,10+,11+,13?/m1/s1. The minimum Gasteiger partial charge on any atom is -0.258 e. The highest BCUT2D eigenvalue weighted by Crippen LogP contribution is 2.35. The molecular weight excluding hydrogens is 180 g/mol. The van der Waals surface area contributed by atoms with Crippen molar-refractivity contribution in [2.24, 2.45) is 5.92 Å². The van der Waals surface area contributed by atoms with E-state index in [1.807, 2.05) is 0 Å². The average Bonchev–Trinajstić information content (AvgIpc) is 2.11. The number of hydrogen-bond acceptors (Lipinski definition) is 1. The van der Waals surface area contributed by atoms with Crippen LogP contribution in [0.4, 0.5) is 0 Å². The number of fused-ring (bicyclic) bond motifs is 2. The lowest BCUT2D eigenvalue weighted by Crippen LogP contribution is -2.38. The Balaban J connectivity index is 2.26. The molecule has 0 aromatic rings. The molecular formula is C11H16OS. The van der Waals surface area contributed by atoms with E-state index in [9.17, 15) is 4.21 Å². The van der Waals surface area contributed by atoms with Crippen LogP contribution in [0.5, 0.6) is 0 Å². The summed E-state index contributed by atoms with van der Waals surface area (Å²) in [4.78, 5) is 0. The van der Waals surface area contributed by atoms with Crippen molar-refractivity contribution in [3.05, 3.63) is 23.8 Å². The molecule has 0 saturated carbocycles. The number of rotatable bonds is 1. The molecule has 0 N–H and O–H groups in total. The third-order valence-corrected chi connectivity index (χ3v) is 4.86. The average molecular weight is 196 g/mol. The Bertz CT molecular complexity index is 286. The lowest BCUT2D eigenvalue weighted by molar-refractivity contribution is 0.510. The van der Waals surface area contributed by atoms with Crippen LogP contribution in [-0.4, -0.2) is 14.7 Å². The third kappa shape index (κ3) is 1.64. The Morgan fingerprint density at radius 2 is 2.15 bits per heavy atom. The first kappa shape index (κ1) is 9.20. The maximum Gasteiger partial charge on any atom is 0.0598 e. The Morgan fingerprint density at radius 1 is 1.38 bits per heavy atom. The fraction of sp³-hybridized carbons (Fsp3) is 0.636. The van der Waals surface area contributed by atoms with Gasteiger partial charge in [0.2, 0.25) is 0 Å². The molecule has 2 heteroatoms. The van der Waals surface area contributed by atoms with Crippen molar-refractivity contribution in [1.82, 2.24) is 0 Å². The van der Waals surface area contributed by atoms with E-state index < -0.39 is 10.8 Å². The van der Waals surface area contributed by atoms with Crippen molar-refractivity contribution >= 4 is 10.8 Å². The normalized spacial score (nSPS) is 42.0. The summed E-state index contributed by atoms with van der Waals surface area (Å²) in [7, 11) is -0.650. The van der Waals surface area contributed by atoms with Gasteiger partial charge in [0.25, 0.3) is 0 Å². The maximum absolute atomic E-state index is 11.9. The third-order valence-electron chi connectivity index (χ3n) is 2.84. The molecule has 2 aliphatic heterocycles. The summed E-state index contributed by atoms with van der Waals surface area (Å²) in [6, 6.07) is 0. The first-order valence-electron chi connectivity index (χ1n) is 4.91. The first-order valence-corrected chi connectivity index (χ1v) is 6.19. The van der Waals surface area contributed by atoms with Crippen LogP contribution >= 0.6 is 0 Å². The highest BCUT2D eigenvalue weighted by Gasteiger charge is 2.36. The van der Waals surface area contributed by atoms with Crippen molar-refractivity contribution in [2.45, 2.75) is 37.2 Å². The van der Waals surface area contributed by atoms with Crippen molar-refractivity contribution in [1.29, 1.82) is 0 Å². The van der Waals surface area contributed by atoms with Gasteiger partial charge < -0.3 is 0 Å². The van der Waals surface area contributed by atoms with Gasteiger partial charge in [-0.15, -0.1) is 0 Å².